The summed E-state index contributed by atoms with van der Waals surface area (Å²) < 4.78 is 1.92. The molecule has 0 aromatic carbocycles. The Morgan fingerprint density at radius 2 is 2.38 bits per heavy atom. The molecule has 1 fully saturated rings. The van der Waals surface area contributed by atoms with E-state index in [9.17, 15) is 4.79 Å². The number of imidazole rings is 1. The largest absolute Gasteiger partial charge is 0.297 e. The van der Waals surface area contributed by atoms with Gasteiger partial charge in [-0.25, -0.2) is 9.97 Å². The maximum absolute atomic E-state index is 10.7. The van der Waals surface area contributed by atoms with E-state index in [-0.39, 0.29) is 5.15 Å². The number of thiazole rings is 1. The second-order valence-corrected chi connectivity index (χ2v) is 5.07. The number of nitrogens with zero attached hydrogens (tertiary/aromatic N) is 3. The van der Waals surface area contributed by atoms with Crippen molar-refractivity contribution in [1.82, 2.24) is 14.5 Å². The van der Waals surface area contributed by atoms with E-state index in [1.54, 1.807) is 6.20 Å². The van der Waals surface area contributed by atoms with Crippen molar-refractivity contribution in [2.24, 2.45) is 0 Å². The van der Waals surface area contributed by atoms with E-state index >= 15 is 0 Å². The van der Waals surface area contributed by atoms with Crippen LogP contribution in [0.5, 0.6) is 0 Å². The van der Waals surface area contributed by atoms with Gasteiger partial charge in [0.2, 0.25) is 0 Å². The zero-order chi connectivity index (χ0) is 11.1. The van der Waals surface area contributed by atoms with Crippen molar-refractivity contribution in [2.45, 2.75) is 18.8 Å². The molecule has 2 aromatic rings. The van der Waals surface area contributed by atoms with Crippen molar-refractivity contribution in [3.05, 3.63) is 28.2 Å². The summed E-state index contributed by atoms with van der Waals surface area (Å²) in [5.74, 6) is 1.56. The molecule has 2 aromatic heterocycles. The van der Waals surface area contributed by atoms with Gasteiger partial charge in [-0.1, -0.05) is 22.9 Å². The van der Waals surface area contributed by atoms with Gasteiger partial charge in [-0.3, -0.25) is 9.36 Å². The van der Waals surface area contributed by atoms with Crippen molar-refractivity contribution in [3.63, 3.8) is 0 Å². The first kappa shape index (κ1) is 9.99. The van der Waals surface area contributed by atoms with Crippen molar-refractivity contribution in [2.75, 3.05) is 0 Å². The summed E-state index contributed by atoms with van der Waals surface area (Å²) in [5.41, 5.74) is 0. The molecule has 2 heterocycles. The van der Waals surface area contributed by atoms with Crippen LogP contribution in [-0.2, 0) is 0 Å². The summed E-state index contributed by atoms with van der Waals surface area (Å²) in [7, 11) is 0. The van der Waals surface area contributed by atoms with Crippen LogP contribution in [0.2, 0.25) is 5.15 Å². The Kier molecular flexibility index (Phi) is 2.29. The molecule has 4 nitrogen and oxygen atoms in total. The molecule has 0 radical (unpaired) electrons. The van der Waals surface area contributed by atoms with Gasteiger partial charge in [0.05, 0.1) is 0 Å². The standard InChI is InChI=1S/C10H8ClN3OS/c11-8-7(5-15)16-10(13-8)14-4-3-12-9(14)6-1-2-6/h3-6H,1-2H2. The van der Waals surface area contributed by atoms with Crippen LogP contribution in [0.15, 0.2) is 12.4 Å². The Labute approximate surface area is 101 Å². The first-order chi connectivity index (χ1) is 7.79. The molecule has 6 heteroatoms. The molecule has 0 unspecified atom stereocenters. The number of halogens is 1. The number of carbonyl (C=O) groups is 1. The fourth-order valence-corrected chi connectivity index (χ4v) is 2.65. The number of rotatable bonds is 3. The van der Waals surface area contributed by atoms with Crippen molar-refractivity contribution < 1.29 is 4.79 Å². The Morgan fingerprint density at radius 3 is 3.00 bits per heavy atom. The summed E-state index contributed by atoms with van der Waals surface area (Å²) in [6.07, 6.45) is 6.70. The van der Waals surface area contributed by atoms with Crippen LogP contribution in [0.3, 0.4) is 0 Å². The van der Waals surface area contributed by atoms with Gasteiger partial charge >= 0.3 is 0 Å². The highest BCUT2D eigenvalue weighted by molar-refractivity contribution is 7.16. The number of aldehydes is 1. The fraction of sp³-hybridized carbons (Fsp3) is 0.300. The monoisotopic (exact) mass is 253 g/mol. The summed E-state index contributed by atoms with van der Waals surface area (Å²) in [4.78, 5) is 19.7. The van der Waals surface area contributed by atoms with E-state index in [0.717, 1.165) is 12.1 Å². The molecule has 0 bridgehead atoms. The Hall–Kier alpha value is -1.20. The van der Waals surface area contributed by atoms with E-state index < -0.39 is 0 Å². The normalized spacial score (nSPS) is 15.3. The van der Waals surface area contributed by atoms with Crippen LogP contribution < -0.4 is 0 Å². The molecule has 1 aliphatic carbocycles. The lowest BCUT2D eigenvalue weighted by Crippen LogP contribution is -1.97. The van der Waals surface area contributed by atoms with Gasteiger partial charge in [0.1, 0.15) is 10.7 Å². The average molecular weight is 254 g/mol. The van der Waals surface area contributed by atoms with Gasteiger partial charge < -0.3 is 0 Å². The van der Waals surface area contributed by atoms with E-state index in [4.69, 9.17) is 11.6 Å². The third-order valence-electron chi connectivity index (χ3n) is 2.52. The molecule has 0 amide bonds. The smallest absolute Gasteiger partial charge is 0.197 e. The number of hydrogen-bond donors (Lipinski definition) is 0. The highest BCUT2D eigenvalue weighted by Crippen LogP contribution is 2.40. The minimum Gasteiger partial charge on any atom is -0.297 e. The molecule has 1 aliphatic rings. The molecular weight excluding hydrogens is 246 g/mol. The lowest BCUT2D eigenvalue weighted by Gasteiger charge is -2.00. The van der Waals surface area contributed by atoms with E-state index in [2.05, 4.69) is 9.97 Å². The first-order valence-corrected chi connectivity index (χ1v) is 6.14. The second-order valence-electron chi connectivity index (χ2n) is 3.70. The Morgan fingerprint density at radius 1 is 1.56 bits per heavy atom. The zero-order valence-electron chi connectivity index (χ0n) is 8.26. The van der Waals surface area contributed by atoms with Crippen LogP contribution in [0.4, 0.5) is 0 Å². The molecule has 0 spiro atoms. The van der Waals surface area contributed by atoms with Gasteiger partial charge in [0.15, 0.2) is 16.6 Å². The third-order valence-corrected chi connectivity index (χ3v) is 3.90. The van der Waals surface area contributed by atoms with Crippen LogP contribution >= 0.6 is 22.9 Å². The minimum absolute atomic E-state index is 0.269. The van der Waals surface area contributed by atoms with Gasteiger partial charge in [-0.2, -0.15) is 0 Å². The summed E-state index contributed by atoms with van der Waals surface area (Å²) in [5, 5.41) is 0.983. The van der Waals surface area contributed by atoms with Crippen molar-refractivity contribution >= 4 is 29.2 Å². The minimum atomic E-state index is 0.269. The summed E-state index contributed by atoms with van der Waals surface area (Å²) >= 11 is 7.13. The lowest BCUT2D eigenvalue weighted by molar-refractivity contribution is 0.112. The molecule has 3 rings (SSSR count). The molecule has 0 atom stereocenters. The quantitative estimate of drug-likeness (QED) is 0.790. The lowest BCUT2D eigenvalue weighted by atomic mass is 10.4. The summed E-state index contributed by atoms with van der Waals surface area (Å²) in [6, 6.07) is 0. The number of aromatic nitrogens is 3. The maximum Gasteiger partial charge on any atom is 0.197 e. The van der Waals surface area contributed by atoms with Crippen LogP contribution in [0.1, 0.15) is 34.3 Å². The molecular formula is C10H8ClN3OS. The predicted molar refractivity (Wildman–Crippen MR) is 61.6 cm³/mol. The maximum atomic E-state index is 10.7. The Bertz CT molecular complexity index is 544. The van der Waals surface area contributed by atoms with E-state index in [1.165, 1.54) is 24.2 Å². The molecule has 0 N–H and O–H groups in total. The van der Waals surface area contributed by atoms with Crippen molar-refractivity contribution in [1.29, 1.82) is 0 Å². The molecule has 0 saturated heterocycles. The van der Waals surface area contributed by atoms with E-state index in [0.29, 0.717) is 15.9 Å². The summed E-state index contributed by atoms with van der Waals surface area (Å²) in [6.45, 7) is 0. The topological polar surface area (TPSA) is 47.8 Å². The molecule has 1 saturated carbocycles. The molecule has 82 valence electrons. The zero-order valence-corrected chi connectivity index (χ0v) is 9.83. The number of hydrogen-bond acceptors (Lipinski definition) is 4. The Balaban J connectivity index is 2.06. The number of carbonyl (C=O) groups excluding carboxylic acids is 1. The van der Waals surface area contributed by atoms with E-state index in [1.807, 2.05) is 10.8 Å². The van der Waals surface area contributed by atoms with Crippen LogP contribution in [0.25, 0.3) is 5.13 Å². The van der Waals surface area contributed by atoms with Crippen LogP contribution in [-0.4, -0.2) is 20.8 Å². The highest BCUT2D eigenvalue weighted by Gasteiger charge is 2.29. The van der Waals surface area contributed by atoms with Gasteiger partial charge in [-0.05, 0) is 12.8 Å². The highest BCUT2D eigenvalue weighted by atomic mass is 35.5. The molecule has 0 aliphatic heterocycles. The second kappa shape index (κ2) is 3.68. The van der Waals surface area contributed by atoms with Crippen LogP contribution in [0, 0.1) is 0 Å². The fourth-order valence-electron chi connectivity index (χ4n) is 1.60. The third kappa shape index (κ3) is 1.56. The predicted octanol–water partition coefficient (Wildman–Crippen LogP) is 2.67. The van der Waals surface area contributed by atoms with Gasteiger partial charge in [0, 0.05) is 18.3 Å². The van der Waals surface area contributed by atoms with Crippen molar-refractivity contribution in [3.8, 4) is 5.13 Å². The SMILES string of the molecule is O=Cc1sc(-n2ccnc2C2CC2)nc1Cl. The van der Waals surface area contributed by atoms with Gasteiger partial charge in [-0.15, -0.1) is 0 Å². The first-order valence-electron chi connectivity index (χ1n) is 4.94. The average Bonchev–Trinajstić information content (AvgIpc) is 2.89. The van der Waals surface area contributed by atoms with Gasteiger partial charge in [0.25, 0.3) is 0 Å². The molecule has 16 heavy (non-hydrogen) atoms.